The minimum atomic E-state index is 0. The van der Waals surface area contributed by atoms with E-state index in [1.807, 2.05) is 52.3 Å². The molecule has 0 spiro atoms. The van der Waals surface area contributed by atoms with Crippen LogP contribution in [0, 0.1) is 0 Å². The number of halogens is 1. The minimum Gasteiger partial charge on any atom is -0.338 e. The summed E-state index contributed by atoms with van der Waals surface area (Å²) < 4.78 is 0. The van der Waals surface area contributed by atoms with Crippen LogP contribution >= 0.6 is 12.4 Å². The number of nitrogens with zero attached hydrogens (tertiary/aromatic N) is 2. The van der Waals surface area contributed by atoms with Crippen LogP contribution in [0.25, 0.3) is 0 Å². The second-order valence-corrected chi connectivity index (χ2v) is 6.93. The Kier molecular flexibility index (Phi) is 8.48. The lowest BCUT2D eigenvalue weighted by molar-refractivity contribution is -0.128. The molecule has 0 aliphatic carbocycles. The fourth-order valence-electron chi connectivity index (χ4n) is 3.41. The van der Waals surface area contributed by atoms with Crippen molar-refractivity contribution in [1.82, 2.24) is 9.80 Å². The van der Waals surface area contributed by atoms with Crippen LogP contribution in [-0.2, 0) is 17.8 Å². The monoisotopic (exact) mass is 401 g/mol. The number of carbonyl (C=O) groups excluding carboxylic acids is 2. The third kappa shape index (κ3) is 5.81. The second kappa shape index (κ2) is 10.8. The van der Waals surface area contributed by atoms with Gasteiger partial charge < -0.3 is 15.5 Å². The topological polar surface area (TPSA) is 66.6 Å². The van der Waals surface area contributed by atoms with Gasteiger partial charge in [0, 0.05) is 44.7 Å². The van der Waals surface area contributed by atoms with E-state index in [1.54, 1.807) is 0 Å². The normalized spacial score (nSPS) is 13.3. The summed E-state index contributed by atoms with van der Waals surface area (Å²) in [6.45, 7) is 3.06. The molecule has 3 rings (SSSR count). The molecular formula is C22H28ClN3O2. The zero-order valence-corrected chi connectivity index (χ0v) is 16.9. The first kappa shape index (κ1) is 21.9. The van der Waals surface area contributed by atoms with E-state index in [2.05, 4.69) is 12.1 Å². The Balaban J connectivity index is 0.00000280. The Hall–Kier alpha value is -2.37. The maximum Gasteiger partial charge on any atom is 0.253 e. The Morgan fingerprint density at radius 3 is 2.32 bits per heavy atom. The van der Waals surface area contributed by atoms with Crippen LogP contribution in [0.3, 0.4) is 0 Å². The fourth-order valence-corrected chi connectivity index (χ4v) is 3.41. The zero-order valence-electron chi connectivity index (χ0n) is 16.0. The molecule has 2 amide bonds. The van der Waals surface area contributed by atoms with Crippen molar-refractivity contribution >= 4 is 24.2 Å². The molecule has 0 atom stereocenters. The first-order valence-corrected chi connectivity index (χ1v) is 9.57. The minimum absolute atomic E-state index is 0. The van der Waals surface area contributed by atoms with Crippen LogP contribution in [0.5, 0.6) is 0 Å². The molecule has 6 heteroatoms. The first-order chi connectivity index (χ1) is 13.2. The lowest BCUT2D eigenvalue weighted by atomic mass is 10.1. The van der Waals surface area contributed by atoms with E-state index in [-0.39, 0.29) is 24.2 Å². The van der Waals surface area contributed by atoms with Gasteiger partial charge in [-0.2, -0.15) is 0 Å². The van der Waals surface area contributed by atoms with Crippen molar-refractivity contribution in [3.63, 3.8) is 0 Å². The van der Waals surface area contributed by atoms with Crippen molar-refractivity contribution in [2.24, 2.45) is 5.73 Å². The van der Waals surface area contributed by atoms with Gasteiger partial charge in [0.05, 0.1) is 0 Å². The predicted octanol–water partition coefficient (Wildman–Crippen LogP) is 2.87. The van der Waals surface area contributed by atoms with Gasteiger partial charge in [0.1, 0.15) is 0 Å². The van der Waals surface area contributed by atoms with Gasteiger partial charge in [0.15, 0.2) is 0 Å². The molecule has 5 nitrogen and oxygen atoms in total. The number of amides is 2. The number of benzene rings is 2. The molecule has 0 unspecified atom stereocenters. The summed E-state index contributed by atoms with van der Waals surface area (Å²) in [5.41, 5.74) is 8.63. The standard InChI is InChI=1S/C22H27N3O2.ClH/c23-13-16-24(15-12-18-5-2-1-3-6-18)22(27)20-10-8-19(9-11-20)17-25-14-4-7-21(25)26;/h1-3,5-6,8-11H,4,7,12-17,23H2;1H. The Labute approximate surface area is 172 Å². The highest BCUT2D eigenvalue weighted by Gasteiger charge is 2.20. The van der Waals surface area contributed by atoms with Gasteiger partial charge in [0.25, 0.3) is 5.91 Å². The van der Waals surface area contributed by atoms with Crippen LogP contribution in [0.4, 0.5) is 0 Å². The second-order valence-electron chi connectivity index (χ2n) is 6.93. The summed E-state index contributed by atoms with van der Waals surface area (Å²) in [6.07, 6.45) is 2.39. The molecule has 0 saturated carbocycles. The molecule has 1 fully saturated rings. The Morgan fingerprint density at radius 1 is 1.00 bits per heavy atom. The summed E-state index contributed by atoms with van der Waals surface area (Å²) in [5, 5.41) is 0. The van der Waals surface area contributed by atoms with E-state index in [4.69, 9.17) is 5.73 Å². The summed E-state index contributed by atoms with van der Waals surface area (Å²) in [6, 6.07) is 17.7. The molecule has 2 aromatic carbocycles. The molecule has 1 aliphatic rings. The van der Waals surface area contributed by atoms with Crippen LogP contribution < -0.4 is 5.73 Å². The van der Waals surface area contributed by atoms with Gasteiger partial charge in [0.2, 0.25) is 5.91 Å². The Morgan fingerprint density at radius 2 is 1.71 bits per heavy atom. The van der Waals surface area contributed by atoms with E-state index >= 15 is 0 Å². The third-order valence-electron chi connectivity index (χ3n) is 4.95. The van der Waals surface area contributed by atoms with Crippen molar-refractivity contribution in [2.75, 3.05) is 26.2 Å². The molecule has 2 N–H and O–H groups in total. The van der Waals surface area contributed by atoms with E-state index in [9.17, 15) is 9.59 Å². The summed E-state index contributed by atoms with van der Waals surface area (Å²) >= 11 is 0. The number of rotatable bonds is 8. The van der Waals surface area contributed by atoms with Gasteiger partial charge >= 0.3 is 0 Å². The van der Waals surface area contributed by atoms with Crippen molar-refractivity contribution < 1.29 is 9.59 Å². The smallest absolute Gasteiger partial charge is 0.253 e. The number of hydrogen-bond acceptors (Lipinski definition) is 3. The number of likely N-dealkylation sites (tertiary alicyclic amines) is 1. The van der Waals surface area contributed by atoms with E-state index in [1.165, 1.54) is 5.56 Å². The largest absolute Gasteiger partial charge is 0.338 e. The summed E-state index contributed by atoms with van der Waals surface area (Å²) in [5.74, 6) is 0.213. The summed E-state index contributed by atoms with van der Waals surface area (Å²) in [7, 11) is 0. The summed E-state index contributed by atoms with van der Waals surface area (Å²) in [4.78, 5) is 28.3. The third-order valence-corrected chi connectivity index (χ3v) is 4.95. The predicted molar refractivity (Wildman–Crippen MR) is 113 cm³/mol. The average Bonchev–Trinajstić information content (AvgIpc) is 3.10. The highest BCUT2D eigenvalue weighted by molar-refractivity contribution is 5.94. The van der Waals surface area contributed by atoms with Gasteiger partial charge in [-0.25, -0.2) is 0 Å². The SMILES string of the molecule is Cl.NCCN(CCc1ccccc1)C(=O)c1ccc(CN2CCCC2=O)cc1. The molecule has 1 saturated heterocycles. The number of nitrogens with two attached hydrogens (primary N) is 1. The highest BCUT2D eigenvalue weighted by Crippen LogP contribution is 2.15. The van der Waals surface area contributed by atoms with Gasteiger partial charge in [-0.05, 0) is 36.1 Å². The molecule has 0 radical (unpaired) electrons. The molecule has 0 bridgehead atoms. The van der Waals surface area contributed by atoms with Crippen LogP contribution in [0.15, 0.2) is 54.6 Å². The maximum absolute atomic E-state index is 12.9. The van der Waals surface area contributed by atoms with Gasteiger partial charge in [-0.15, -0.1) is 12.4 Å². The molecule has 28 heavy (non-hydrogen) atoms. The molecule has 1 aliphatic heterocycles. The van der Waals surface area contributed by atoms with Gasteiger partial charge in [-0.1, -0.05) is 42.5 Å². The van der Waals surface area contributed by atoms with E-state index in [0.29, 0.717) is 38.2 Å². The zero-order chi connectivity index (χ0) is 19.1. The fraction of sp³-hybridized carbons (Fsp3) is 0.364. The lowest BCUT2D eigenvalue weighted by Gasteiger charge is -2.22. The molecule has 0 aromatic heterocycles. The van der Waals surface area contributed by atoms with E-state index < -0.39 is 0 Å². The maximum atomic E-state index is 12.9. The first-order valence-electron chi connectivity index (χ1n) is 9.57. The molecule has 2 aromatic rings. The van der Waals surface area contributed by atoms with Gasteiger partial charge in [-0.3, -0.25) is 9.59 Å². The van der Waals surface area contributed by atoms with Crippen molar-refractivity contribution in [2.45, 2.75) is 25.8 Å². The quantitative estimate of drug-likeness (QED) is 0.739. The highest BCUT2D eigenvalue weighted by atomic mass is 35.5. The molecule has 1 heterocycles. The Bertz CT molecular complexity index is 765. The number of hydrogen-bond donors (Lipinski definition) is 1. The molecular weight excluding hydrogens is 374 g/mol. The van der Waals surface area contributed by atoms with Crippen LogP contribution in [-0.4, -0.2) is 47.8 Å². The lowest BCUT2D eigenvalue weighted by Crippen LogP contribution is -2.37. The molecule has 150 valence electrons. The van der Waals surface area contributed by atoms with Crippen LogP contribution in [0.2, 0.25) is 0 Å². The van der Waals surface area contributed by atoms with Crippen molar-refractivity contribution in [3.05, 3.63) is 71.3 Å². The average molecular weight is 402 g/mol. The van der Waals surface area contributed by atoms with Crippen molar-refractivity contribution in [3.8, 4) is 0 Å². The van der Waals surface area contributed by atoms with Crippen molar-refractivity contribution in [1.29, 1.82) is 0 Å². The number of carbonyl (C=O) groups is 2. The van der Waals surface area contributed by atoms with E-state index in [0.717, 1.165) is 24.9 Å². The van der Waals surface area contributed by atoms with Crippen LogP contribution in [0.1, 0.15) is 34.3 Å².